The molecule has 3 nitrogen and oxygen atoms in total. The van der Waals surface area contributed by atoms with Gasteiger partial charge in [0.25, 0.3) is 5.91 Å². The van der Waals surface area contributed by atoms with E-state index in [1.54, 1.807) is 0 Å². The Morgan fingerprint density at radius 2 is 2.50 bits per heavy atom. The van der Waals surface area contributed by atoms with Gasteiger partial charge in [0.1, 0.15) is 6.17 Å². The summed E-state index contributed by atoms with van der Waals surface area (Å²) in [5.74, 6) is -0.302. The molecule has 0 aromatic carbocycles. The number of alkyl halides is 1. The molecule has 0 saturated carbocycles. The number of nitrogens with two attached hydrogens (primary N) is 1. The molecule has 3 N–H and O–H groups in total. The van der Waals surface area contributed by atoms with E-state index < -0.39 is 6.17 Å². The number of hydrogen-bond acceptors (Lipinski definition) is 2. The maximum Gasteiger partial charge on any atom is 0.252 e. The van der Waals surface area contributed by atoms with Gasteiger partial charge >= 0.3 is 0 Å². The molecular formula is C9H12ClFN2O. The van der Waals surface area contributed by atoms with Crippen molar-refractivity contribution in [3.05, 3.63) is 22.8 Å². The molecule has 0 saturated heterocycles. The van der Waals surface area contributed by atoms with E-state index in [0.717, 1.165) is 0 Å². The van der Waals surface area contributed by atoms with Crippen LogP contribution in [0.25, 0.3) is 0 Å². The molecule has 78 valence electrons. The third kappa shape index (κ3) is 2.82. The highest BCUT2D eigenvalue weighted by Crippen LogP contribution is 2.24. The molecule has 0 radical (unpaired) electrons. The van der Waals surface area contributed by atoms with Gasteiger partial charge in [-0.1, -0.05) is 11.6 Å². The summed E-state index contributed by atoms with van der Waals surface area (Å²) in [4.78, 5) is 11.4. The second-order valence-electron chi connectivity index (χ2n) is 2.94. The van der Waals surface area contributed by atoms with E-state index in [9.17, 15) is 9.18 Å². The lowest BCUT2D eigenvalue weighted by Crippen LogP contribution is -2.30. The average Bonchev–Trinajstić information content (AvgIpc) is 2.14. The SMILES string of the molecule is NCCNC(=O)C1=C(Cl)CC(F)C=C1. The highest BCUT2D eigenvalue weighted by Gasteiger charge is 2.18. The van der Waals surface area contributed by atoms with Crippen LogP contribution in [-0.4, -0.2) is 25.2 Å². The fraction of sp³-hybridized carbons (Fsp3) is 0.444. The first-order valence-corrected chi connectivity index (χ1v) is 4.72. The molecule has 1 atom stereocenters. The monoisotopic (exact) mass is 218 g/mol. The van der Waals surface area contributed by atoms with E-state index in [4.69, 9.17) is 17.3 Å². The first kappa shape index (κ1) is 11.2. The van der Waals surface area contributed by atoms with Crippen LogP contribution in [-0.2, 0) is 4.79 Å². The lowest BCUT2D eigenvalue weighted by molar-refractivity contribution is -0.117. The van der Waals surface area contributed by atoms with Gasteiger partial charge in [-0.15, -0.1) is 0 Å². The van der Waals surface area contributed by atoms with E-state index in [1.807, 2.05) is 0 Å². The van der Waals surface area contributed by atoms with Crippen LogP contribution in [0.5, 0.6) is 0 Å². The summed E-state index contributed by atoms with van der Waals surface area (Å²) in [7, 11) is 0. The zero-order valence-corrected chi connectivity index (χ0v) is 8.35. The summed E-state index contributed by atoms with van der Waals surface area (Å²) >= 11 is 5.75. The predicted octanol–water partition coefficient (Wildman–Crippen LogP) is 0.852. The molecule has 0 bridgehead atoms. The molecule has 1 aliphatic carbocycles. The van der Waals surface area contributed by atoms with Crippen LogP contribution in [0.1, 0.15) is 6.42 Å². The normalized spacial score (nSPS) is 21.2. The lowest BCUT2D eigenvalue weighted by atomic mass is 10.1. The summed E-state index contributed by atoms with van der Waals surface area (Å²) in [6, 6.07) is 0. The van der Waals surface area contributed by atoms with Crippen LogP contribution in [0, 0.1) is 0 Å². The molecule has 0 aromatic rings. The minimum atomic E-state index is -1.09. The highest BCUT2D eigenvalue weighted by molar-refractivity contribution is 6.32. The number of halogens is 2. The summed E-state index contributed by atoms with van der Waals surface area (Å²) in [6.45, 7) is 0.755. The standard InChI is InChI=1S/C9H12ClFN2O/c10-8-5-6(11)1-2-7(8)9(14)13-4-3-12/h1-2,6H,3-5,12H2,(H,13,14). The first-order valence-electron chi connectivity index (χ1n) is 4.34. The van der Waals surface area contributed by atoms with Gasteiger partial charge in [-0.25, -0.2) is 4.39 Å². The van der Waals surface area contributed by atoms with Crippen molar-refractivity contribution in [1.29, 1.82) is 0 Å². The fourth-order valence-electron chi connectivity index (χ4n) is 1.12. The van der Waals surface area contributed by atoms with Gasteiger partial charge in [0.2, 0.25) is 0 Å². The van der Waals surface area contributed by atoms with E-state index in [-0.39, 0.29) is 17.4 Å². The van der Waals surface area contributed by atoms with Crippen molar-refractivity contribution in [3.63, 3.8) is 0 Å². The van der Waals surface area contributed by atoms with E-state index in [2.05, 4.69) is 5.32 Å². The van der Waals surface area contributed by atoms with Crippen LogP contribution >= 0.6 is 11.6 Å². The Morgan fingerprint density at radius 1 is 1.79 bits per heavy atom. The van der Waals surface area contributed by atoms with Crippen molar-refractivity contribution in [3.8, 4) is 0 Å². The highest BCUT2D eigenvalue weighted by atomic mass is 35.5. The lowest BCUT2D eigenvalue weighted by Gasteiger charge is -2.13. The quantitative estimate of drug-likeness (QED) is 0.738. The summed E-state index contributed by atoms with van der Waals surface area (Å²) < 4.78 is 12.8. The van der Waals surface area contributed by atoms with E-state index in [1.165, 1.54) is 12.2 Å². The predicted molar refractivity (Wildman–Crippen MR) is 53.6 cm³/mol. The summed E-state index contributed by atoms with van der Waals surface area (Å²) in [5, 5.41) is 2.83. The van der Waals surface area contributed by atoms with Crippen molar-refractivity contribution in [1.82, 2.24) is 5.32 Å². The number of carbonyl (C=O) groups is 1. The molecule has 0 heterocycles. The molecular weight excluding hydrogens is 207 g/mol. The van der Waals surface area contributed by atoms with Gasteiger partial charge in [0.05, 0.1) is 5.57 Å². The number of carbonyl (C=O) groups excluding carboxylic acids is 1. The molecule has 1 rings (SSSR count). The average molecular weight is 219 g/mol. The zero-order valence-electron chi connectivity index (χ0n) is 7.59. The topological polar surface area (TPSA) is 55.1 Å². The van der Waals surface area contributed by atoms with Crippen molar-refractivity contribution in [2.45, 2.75) is 12.6 Å². The number of amides is 1. The van der Waals surface area contributed by atoms with Crippen molar-refractivity contribution < 1.29 is 9.18 Å². The Kier molecular flexibility index (Phi) is 4.10. The maximum absolute atomic E-state index is 12.8. The third-order valence-electron chi connectivity index (χ3n) is 1.81. The largest absolute Gasteiger partial charge is 0.351 e. The molecule has 1 aliphatic rings. The van der Waals surface area contributed by atoms with E-state index >= 15 is 0 Å². The Hall–Kier alpha value is -0.870. The molecule has 0 aliphatic heterocycles. The second-order valence-corrected chi connectivity index (χ2v) is 3.40. The summed E-state index contributed by atoms with van der Waals surface area (Å²) in [5.41, 5.74) is 5.55. The third-order valence-corrected chi connectivity index (χ3v) is 2.17. The Bertz CT molecular complexity index is 289. The smallest absolute Gasteiger partial charge is 0.252 e. The Balaban J connectivity index is 2.63. The van der Waals surface area contributed by atoms with Gasteiger partial charge in [-0.3, -0.25) is 4.79 Å². The second kappa shape index (κ2) is 5.12. The summed E-state index contributed by atoms with van der Waals surface area (Å²) in [6.07, 6.45) is 1.71. The van der Waals surface area contributed by atoms with E-state index in [0.29, 0.717) is 18.7 Å². The number of hydrogen-bond donors (Lipinski definition) is 2. The van der Waals surface area contributed by atoms with Crippen LogP contribution in [0.15, 0.2) is 22.8 Å². The molecule has 14 heavy (non-hydrogen) atoms. The molecule has 0 spiro atoms. The van der Waals surface area contributed by atoms with Crippen LogP contribution in [0.3, 0.4) is 0 Å². The minimum absolute atomic E-state index is 0.0729. The fourth-order valence-corrected chi connectivity index (χ4v) is 1.42. The van der Waals surface area contributed by atoms with Gasteiger partial charge in [-0.05, 0) is 12.2 Å². The van der Waals surface area contributed by atoms with Gasteiger partial charge in [-0.2, -0.15) is 0 Å². The zero-order chi connectivity index (χ0) is 10.6. The van der Waals surface area contributed by atoms with Gasteiger partial charge < -0.3 is 11.1 Å². The van der Waals surface area contributed by atoms with Gasteiger partial charge in [0, 0.05) is 24.5 Å². The number of allylic oxidation sites excluding steroid dienone is 2. The minimum Gasteiger partial charge on any atom is -0.351 e. The van der Waals surface area contributed by atoms with Crippen molar-refractivity contribution in [2.24, 2.45) is 5.73 Å². The Morgan fingerprint density at radius 3 is 3.07 bits per heavy atom. The van der Waals surface area contributed by atoms with Crippen LogP contribution < -0.4 is 11.1 Å². The van der Waals surface area contributed by atoms with Crippen molar-refractivity contribution >= 4 is 17.5 Å². The molecule has 1 amide bonds. The maximum atomic E-state index is 12.8. The number of rotatable bonds is 3. The molecule has 1 unspecified atom stereocenters. The van der Waals surface area contributed by atoms with Crippen molar-refractivity contribution in [2.75, 3.05) is 13.1 Å². The van der Waals surface area contributed by atoms with Crippen LogP contribution in [0.2, 0.25) is 0 Å². The molecule has 5 heteroatoms. The number of nitrogens with one attached hydrogen (secondary N) is 1. The van der Waals surface area contributed by atoms with Gasteiger partial charge in [0.15, 0.2) is 0 Å². The Labute approximate surface area is 86.8 Å². The molecule has 0 aromatic heterocycles. The van der Waals surface area contributed by atoms with Crippen LogP contribution in [0.4, 0.5) is 4.39 Å². The first-order chi connectivity index (χ1) is 6.65. The molecule has 0 fully saturated rings.